The standard InChI is InChI=1S/C16H28O/c1-3-17-15-6-4-13(5-7-15)14-10-16(11-14)8-12(2)9-16/h12-15H,3-11H2,1-2H3. The molecule has 0 aliphatic heterocycles. The lowest BCUT2D eigenvalue weighted by molar-refractivity contribution is -0.0938. The molecule has 3 saturated carbocycles. The molecular weight excluding hydrogens is 208 g/mol. The maximum absolute atomic E-state index is 5.75. The van der Waals surface area contributed by atoms with Crippen LogP contribution >= 0.6 is 0 Å². The van der Waals surface area contributed by atoms with Crippen LogP contribution in [0.4, 0.5) is 0 Å². The van der Waals surface area contributed by atoms with E-state index in [-0.39, 0.29) is 0 Å². The molecule has 3 rings (SSSR count). The van der Waals surface area contributed by atoms with E-state index in [4.69, 9.17) is 4.74 Å². The van der Waals surface area contributed by atoms with Crippen molar-refractivity contribution >= 4 is 0 Å². The highest BCUT2D eigenvalue weighted by atomic mass is 16.5. The van der Waals surface area contributed by atoms with Crippen LogP contribution in [-0.4, -0.2) is 12.7 Å². The first-order valence-corrected chi connectivity index (χ1v) is 7.82. The third kappa shape index (κ3) is 2.28. The second-order valence-corrected chi connectivity index (χ2v) is 7.17. The van der Waals surface area contributed by atoms with Crippen molar-refractivity contribution in [1.29, 1.82) is 0 Å². The highest BCUT2D eigenvalue weighted by Gasteiger charge is 2.52. The summed E-state index contributed by atoms with van der Waals surface area (Å²) >= 11 is 0. The van der Waals surface area contributed by atoms with Crippen molar-refractivity contribution in [2.24, 2.45) is 23.2 Å². The summed E-state index contributed by atoms with van der Waals surface area (Å²) in [6.07, 6.45) is 12.4. The van der Waals surface area contributed by atoms with Gasteiger partial charge in [0, 0.05) is 6.61 Å². The van der Waals surface area contributed by atoms with Gasteiger partial charge in [-0.05, 0) is 81.5 Å². The van der Waals surface area contributed by atoms with Crippen LogP contribution in [0.3, 0.4) is 0 Å². The molecule has 17 heavy (non-hydrogen) atoms. The molecule has 1 spiro atoms. The van der Waals surface area contributed by atoms with Crippen LogP contribution in [-0.2, 0) is 4.74 Å². The topological polar surface area (TPSA) is 9.23 Å². The van der Waals surface area contributed by atoms with Gasteiger partial charge in [-0.1, -0.05) is 6.92 Å². The minimum absolute atomic E-state index is 0.592. The first-order chi connectivity index (χ1) is 8.21. The molecule has 0 saturated heterocycles. The lowest BCUT2D eigenvalue weighted by Gasteiger charge is -2.59. The molecule has 0 aromatic carbocycles. The van der Waals surface area contributed by atoms with E-state index in [1.54, 1.807) is 12.8 Å². The Morgan fingerprint density at radius 3 is 2.12 bits per heavy atom. The van der Waals surface area contributed by atoms with Crippen LogP contribution in [0, 0.1) is 23.2 Å². The lowest BCUT2D eigenvalue weighted by atomic mass is 9.46. The molecule has 0 atom stereocenters. The zero-order valence-electron chi connectivity index (χ0n) is 11.6. The predicted molar refractivity (Wildman–Crippen MR) is 70.9 cm³/mol. The summed E-state index contributed by atoms with van der Waals surface area (Å²) in [4.78, 5) is 0. The van der Waals surface area contributed by atoms with Gasteiger partial charge >= 0.3 is 0 Å². The fourth-order valence-corrected chi connectivity index (χ4v) is 5.10. The van der Waals surface area contributed by atoms with Crippen LogP contribution in [0.5, 0.6) is 0 Å². The van der Waals surface area contributed by atoms with Crippen LogP contribution in [0.2, 0.25) is 0 Å². The normalized spacial score (nSPS) is 49.8. The van der Waals surface area contributed by atoms with Gasteiger partial charge in [-0.25, -0.2) is 0 Å². The summed E-state index contributed by atoms with van der Waals surface area (Å²) in [6.45, 7) is 5.45. The first-order valence-electron chi connectivity index (χ1n) is 7.82. The smallest absolute Gasteiger partial charge is 0.0575 e. The highest BCUT2D eigenvalue weighted by molar-refractivity contribution is 5.03. The number of rotatable bonds is 3. The average molecular weight is 236 g/mol. The maximum Gasteiger partial charge on any atom is 0.0575 e. The van der Waals surface area contributed by atoms with Crippen molar-refractivity contribution in [3.63, 3.8) is 0 Å². The Morgan fingerprint density at radius 1 is 0.941 bits per heavy atom. The Kier molecular flexibility index (Phi) is 3.23. The fourth-order valence-electron chi connectivity index (χ4n) is 5.10. The van der Waals surface area contributed by atoms with Gasteiger partial charge in [0.2, 0.25) is 0 Å². The van der Waals surface area contributed by atoms with Gasteiger partial charge in [-0.15, -0.1) is 0 Å². The Balaban J connectivity index is 1.40. The second-order valence-electron chi connectivity index (χ2n) is 7.17. The average Bonchev–Trinajstić information content (AvgIpc) is 2.23. The summed E-state index contributed by atoms with van der Waals surface area (Å²) in [5, 5.41) is 0. The monoisotopic (exact) mass is 236 g/mol. The SMILES string of the molecule is CCOC1CCC(C2CC3(CC(C)C3)C2)CC1. The largest absolute Gasteiger partial charge is 0.379 e. The Hall–Kier alpha value is -0.0400. The quantitative estimate of drug-likeness (QED) is 0.705. The molecule has 3 aliphatic carbocycles. The molecule has 0 heterocycles. The minimum Gasteiger partial charge on any atom is -0.379 e. The highest BCUT2D eigenvalue weighted by Crippen LogP contribution is 2.63. The molecule has 0 radical (unpaired) electrons. The first kappa shape index (κ1) is 12.0. The Morgan fingerprint density at radius 2 is 1.59 bits per heavy atom. The summed E-state index contributed by atoms with van der Waals surface area (Å²) in [7, 11) is 0. The maximum atomic E-state index is 5.75. The molecule has 3 fully saturated rings. The van der Waals surface area contributed by atoms with E-state index in [0.29, 0.717) is 6.10 Å². The van der Waals surface area contributed by atoms with E-state index < -0.39 is 0 Å². The van der Waals surface area contributed by atoms with Gasteiger partial charge in [-0.3, -0.25) is 0 Å². The van der Waals surface area contributed by atoms with Gasteiger partial charge in [0.1, 0.15) is 0 Å². The molecule has 0 unspecified atom stereocenters. The van der Waals surface area contributed by atoms with Crippen LogP contribution in [0.15, 0.2) is 0 Å². The fraction of sp³-hybridized carbons (Fsp3) is 1.00. The van der Waals surface area contributed by atoms with Crippen molar-refractivity contribution in [3.05, 3.63) is 0 Å². The molecule has 0 N–H and O–H groups in total. The van der Waals surface area contributed by atoms with Crippen molar-refractivity contribution < 1.29 is 4.74 Å². The van der Waals surface area contributed by atoms with Gasteiger partial charge in [0.15, 0.2) is 0 Å². The summed E-state index contributed by atoms with van der Waals surface area (Å²) in [6, 6.07) is 0. The number of hydrogen-bond donors (Lipinski definition) is 0. The third-order valence-corrected chi connectivity index (χ3v) is 5.74. The van der Waals surface area contributed by atoms with E-state index >= 15 is 0 Å². The molecular formula is C16H28O. The zero-order valence-corrected chi connectivity index (χ0v) is 11.6. The summed E-state index contributed by atoms with van der Waals surface area (Å²) < 4.78 is 5.75. The summed E-state index contributed by atoms with van der Waals surface area (Å²) in [5.74, 6) is 3.17. The lowest BCUT2D eigenvalue weighted by Crippen LogP contribution is -2.49. The minimum atomic E-state index is 0.592. The van der Waals surface area contributed by atoms with Gasteiger partial charge in [-0.2, -0.15) is 0 Å². The Labute approximate surface area is 106 Å². The molecule has 98 valence electrons. The molecule has 0 aromatic heterocycles. The third-order valence-electron chi connectivity index (χ3n) is 5.74. The van der Waals surface area contributed by atoms with Crippen molar-refractivity contribution in [2.75, 3.05) is 6.61 Å². The van der Waals surface area contributed by atoms with Crippen LogP contribution < -0.4 is 0 Å². The molecule has 0 amide bonds. The molecule has 0 aromatic rings. The molecule has 1 heteroatoms. The molecule has 1 nitrogen and oxygen atoms in total. The Bertz CT molecular complexity index is 251. The van der Waals surface area contributed by atoms with Crippen LogP contribution in [0.1, 0.15) is 65.2 Å². The van der Waals surface area contributed by atoms with E-state index in [2.05, 4.69) is 13.8 Å². The molecule has 0 bridgehead atoms. The van der Waals surface area contributed by atoms with Gasteiger partial charge in [0.25, 0.3) is 0 Å². The number of ether oxygens (including phenoxy) is 1. The molecule has 3 aliphatic rings. The van der Waals surface area contributed by atoms with E-state index in [1.165, 1.54) is 38.5 Å². The predicted octanol–water partition coefficient (Wildman–Crippen LogP) is 4.41. The van der Waals surface area contributed by atoms with E-state index in [9.17, 15) is 0 Å². The summed E-state index contributed by atoms with van der Waals surface area (Å²) in [5.41, 5.74) is 0.848. The van der Waals surface area contributed by atoms with E-state index in [1.807, 2.05) is 0 Å². The zero-order chi connectivity index (χ0) is 11.9. The van der Waals surface area contributed by atoms with Crippen molar-refractivity contribution in [1.82, 2.24) is 0 Å². The van der Waals surface area contributed by atoms with E-state index in [0.717, 1.165) is 29.8 Å². The number of hydrogen-bond acceptors (Lipinski definition) is 1. The van der Waals surface area contributed by atoms with Gasteiger partial charge in [0.05, 0.1) is 6.10 Å². The van der Waals surface area contributed by atoms with Crippen molar-refractivity contribution in [3.8, 4) is 0 Å². The second kappa shape index (κ2) is 4.57. The van der Waals surface area contributed by atoms with Crippen LogP contribution in [0.25, 0.3) is 0 Å². The van der Waals surface area contributed by atoms with Crippen molar-refractivity contribution in [2.45, 2.75) is 71.3 Å². The van der Waals surface area contributed by atoms with Gasteiger partial charge < -0.3 is 4.74 Å².